The van der Waals surface area contributed by atoms with E-state index >= 15 is 0 Å². The van der Waals surface area contributed by atoms with Crippen LogP contribution >= 0.6 is 0 Å². The number of amides is 3. The van der Waals surface area contributed by atoms with Gasteiger partial charge in [-0.2, -0.15) is 0 Å². The Balaban J connectivity index is 1.55. The summed E-state index contributed by atoms with van der Waals surface area (Å²) in [6.45, 7) is 7.41. The van der Waals surface area contributed by atoms with E-state index in [1.165, 1.54) is 12.8 Å². The summed E-state index contributed by atoms with van der Waals surface area (Å²) in [7, 11) is 0. The van der Waals surface area contributed by atoms with E-state index < -0.39 is 5.41 Å². The first kappa shape index (κ1) is 18.5. The molecule has 0 bridgehead atoms. The number of unbranched alkanes of at least 4 members (excludes halogenated alkanes) is 3. The van der Waals surface area contributed by atoms with E-state index in [0.717, 1.165) is 12.8 Å². The number of likely N-dealkylation sites (tertiary alicyclic amines) is 1. The van der Waals surface area contributed by atoms with Crippen LogP contribution in [0, 0.1) is 11.3 Å². The van der Waals surface area contributed by atoms with Crippen molar-refractivity contribution in [3.05, 3.63) is 0 Å². The number of fused-ring (bicyclic) bond motifs is 1. The average Bonchev–Trinajstić information content (AvgIpc) is 3.20. The van der Waals surface area contributed by atoms with Gasteiger partial charge in [0, 0.05) is 38.6 Å². The van der Waals surface area contributed by atoms with Crippen molar-refractivity contribution < 1.29 is 19.1 Å². The van der Waals surface area contributed by atoms with Crippen molar-refractivity contribution in [2.75, 3.05) is 59.2 Å². The third-order valence-electron chi connectivity index (χ3n) is 5.69. The van der Waals surface area contributed by atoms with E-state index in [2.05, 4.69) is 12.2 Å². The van der Waals surface area contributed by atoms with Crippen LogP contribution in [0.4, 0.5) is 4.79 Å². The molecule has 3 fully saturated rings. The zero-order valence-electron chi connectivity index (χ0n) is 15.3. The van der Waals surface area contributed by atoms with Crippen molar-refractivity contribution in [1.82, 2.24) is 15.1 Å². The number of urea groups is 1. The Morgan fingerprint density at radius 3 is 2.68 bits per heavy atom. The van der Waals surface area contributed by atoms with Gasteiger partial charge in [-0.3, -0.25) is 4.79 Å². The first-order valence-electron chi connectivity index (χ1n) is 9.65. The topological polar surface area (TPSA) is 71.1 Å². The quantitative estimate of drug-likeness (QED) is 0.726. The van der Waals surface area contributed by atoms with Crippen LogP contribution in [0.5, 0.6) is 0 Å². The molecule has 7 nitrogen and oxygen atoms in total. The summed E-state index contributed by atoms with van der Waals surface area (Å²) >= 11 is 0. The summed E-state index contributed by atoms with van der Waals surface area (Å²) in [5, 5.41) is 3.01. The van der Waals surface area contributed by atoms with Crippen LogP contribution in [-0.4, -0.2) is 80.9 Å². The number of nitrogens with one attached hydrogen (secondary N) is 1. The highest BCUT2D eigenvalue weighted by Gasteiger charge is 2.58. The van der Waals surface area contributed by atoms with Crippen LogP contribution in [0.25, 0.3) is 0 Å². The number of nitrogens with zero attached hydrogens (tertiary/aromatic N) is 2. The molecule has 3 saturated heterocycles. The van der Waals surface area contributed by atoms with Gasteiger partial charge in [0.1, 0.15) is 0 Å². The van der Waals surface area contributed by atoms with Crippen LogP contribution in [0.2, 0.25) is 0 Å². The zero-order valence-corrected chi connectivity index (χ0v) is 15.3. The Morgan fingerprint density at radius 1 is 1.12 bits per heavy atom. The van der Waals surface area contributed by atoms with Crippen LogP contribution in [-0.2, 0) is 14.3 Å². The van der Waals surface area contributed by atoms with Crippen molar-refractivity contribution in [2.45, 2.75) is 32.6 Å². The van der Waals surface area contributed by atoms with E-state index in [0.29, 0.717) is 59.2 Å². The van der Waals surface area contributed by atoms with Gasteiger partial charge in [-0.25, -0.2) is 4.79 Å². The second kappa shape index (κ2) is 8.36. The first-order chi connectivity index (χ1) is 12.2. The molecule has 25 heavy (non-hydrogen) atoms. The number of morpholine rings is 1. The Kier molecular flexibility index (Phi) is 6.17. The Labute approximate surface area is 150 Å². The average molecular weight is 353 g/mol. The van der Waals surface area contributed by atoms with E-state index in [4.69, 9.17) is 9.47 Å². The van der Waals surface area contributed by atoms with E-state index in [9.17, 15) is 9.59 Å². The van der Waals surface area contributed by atoms with Gasteiger partial charge in [0.2, 0.25) is 5.91 Å². The largest absolute Gasteiger partial charge is 0.380 e. The molecule has 3 amide bonds. The molecule has 3 heterocycles. The first-order valence-corrected chi connectivity index (χ1v) is 9.65. The molecule has 0 aromatic carbocycles. The summed E-state index contributed by atoms with van der Waals surface area (Å²) in [6.07, 6.45) is 4.55. The second-order valence-corrected chi connectivity index (χ2v) is 7.45. The molecule has 7 heteroatoms. The number of hydrogen-bond donors (Lipinski definition) is 1. The fraction of sp³-hybridized carbons (Fsp3) is 0.889. The fourth-order valence-corrected chi connectivity index (χ4v) is 4.13. The van der Waals surface area contributed by atoms with Gasteiger partial charge >= 0.3 is 6.03 Å². The number of carbonyl (C=O) groups is 2. The molecule has 0 aromatic heterocycles. The van der Waals surface area contributed by atoms with E-state index in [-0.39, 0.29) is 17.9 Å². The highest BCUT2D eigenvalue weighted by Crippen LogP contribution is 2.42. The lowest BCUT2D eigenvalue weighted by atomic mass is 9.79. The molecule has 0 radical (unpaired) electrons. The van der Waals surface area contributed by atoms with E-state index in [1.807, 2.05) is 9.80 Å². The van der Waals surface area contributed by atoms with Gasteiger partial charge in [0.05, 0.1) is 31.8 Å². The van der Waals surface area contributed by atoms with E-state index in [1.54, 1.807) is 0 Å². The molecule has 0 saturated carbocycles. The van der Waals surface area contributed by atoms with Crippen molar-refractivity contribution in [2.24, 2.45) is 11.3 Å². The number of hydrogen-bond acceptors (Lipinski definition) is 4. The normalized spacial score (nSPS) is 28.9. The summed E-state index contributed by atoms with van der Waals surface area (Å²) in [5.41, 5.74) is -0.559. The molecule has 0 spiro atoms. The molecule has 1 N–H and O–H groups in total. The number of rotatable bonds is 6. The Bertz CT molecular complexity index is 481. The molecule has 0 aliphatic carbocycles. The summed E-state index contributed by atoms with van der Waals surface area (Å²) in [5.74, 6) is 0.241. The highest BCUT2D eigenvalue weighted by molar-refractivity contribution is 5.86. The fourth-order valence-electron chi connectivity index (χ4n) is 4.13. The lowest BCUT2D eigenvalue weighted by Crippen LogP contribution is -2.52. The van der Waals surface area contributed by atoms with Crippen molar-refractivity contribution in [3.63, 3.8) is 0 Å². The number of ether oxygens (including phenoxy) is 2. The van der Waals surface area contributed by atoms with Gasteiger partial charge in [0.15, 0.2) is 0 Å². The summed E-state index contributed by atoms with van der Waals surface area (Å²) < 4.78 is 11.0. The molecule has 0 aromatic rings. The van der Waals surface area contributed by atoms with Gasteiger partial charge in [0.25, 0.3) is 0 Å². The van der Waals surface area contributed by atoms with Crippen LogP contribution < -0.4 is 5.32 Å². The molecular formula is C18H31N3O4. The van der Waals surface area contributed by atoms with Crippen molar-refractivity contribution in [3.8, 4) is 0 Å². The lowest BCUT2D eigenvalue weighted by Gasteiger charge is -2.35. The molecule has 2 atom stereocenters. The minimum Gasteiger partial charge on any atom is -0.380 e. The Hall–Kier alpha value is -1.34. The predicted octanol–water partition coefficient (Wildman–Crippen LogP) is 1.08. The molecule has 0 unspecified atom stereocenters. The molecular weight excluding hydrogens is 322 g/mol. The monoisotopic (exact) mass is 353 g/mol. The third kappa shape index (κ3) is 3.92. The van der Waals surface area contributed by atoms with Crippen LogP contribution in [0.15, 0.2) is 0 Å². The van der Waals surface area contributed by atoms with Gasteiger partial charge in [-0.05, 0) is 6.42 Å². The van der Waals surface area contributed by atoms with Gasteiger partial charge < -0.3 is 24.6 Å². The second-order valence-electron chi connectivity index (χ2n) is 7.45. The zero-order chi connectivity index (χ0) is 17.7. The maximum absolute atomic E-state index is 13.1. The molecule has 3 rings (SSSR count). The summed E-state index contributed by atoms with van der Waals surface area (Å²) in [4.78, 5) is 29.3. The SMILES string of the molecule is CCCCCCNC(=O)N1C[C@@H]2COC[C@]2(C(=O)N2CCOCC2)C1. The van der Waals surface area contributed by atoms with Crippen LogP contribution in [0.3, 0.4) is 0 Å². The van der Waals surface area contributed by atoms with Crippen LogP contribution in [0.1, 0.15) is 32.6 Å². The highest BCUT2D eigenvalue weighted by atomic mass is 16.5. The Morgan fingerprint density at radius 2 is 1.92 bits per heavy atom. The maximum atomic E-state index is 13.1. The molecule has 3 aliphatic rings. The number of carbonyl (C=O) groups excluding carboxylic acids is 2. The smallest absolute Gasteiger partial charge is 0.317 e. The predicted molar refractivity (Wildman–Crippen MR) is 93.3 cm³/mol. The lowest BCUT2D eigenvalue weighted by molar-refractivity contribution is -0.146. The van der Waals surface area contributed by atoms with Gasteiger partial charge in [-0.1, -0.05) is 26.2 Å². The van der Waals surface area contributed by atoms with Gasteiger partial charge in [-0.15, -0.1) is 0 Å². The minimum absolute atomic E-state index is 0.0416. The summed E-state index contributed by atoms with van der Waals surface area (Å²) in [6, 6.07) is -0.0416. The van der Waals surface area contributed by atoms with Crippen molar-refractivity contribution in [1.29, 1.82) is 0 Å². The minimum atomic E-state index is -0.559. The standard InChI is InChI=1S/C18H31N3O4/c1-2-3-4-5-6-19-17(23)21-11-15-12-25-14-18(15,13-21)16(22)20-7-9-24-10-8-20/h15H,2-14H2,1H3,(H,19,23)/t15-,18-/m1/s1. The third-order valence-corrected chi connectivity index (χ3v) is 5.69. The molecule has 3 aliphatic heterocycles. The maximum Gasteiger partial charge on any atom is 0.317 e. The molecule has 142 valence electrons. The van der Waals surface area contributed by atoms with Crippen molar-refractivity contribution >= 4 is 11.9 Å².